The first-order chi connectivity index (χ1) is 6.15. The molecular weight excluding hydrogens is 234 g/mol. The van der Waals surface area contributed by atoms with Crippen molar-refractivity contribution < 1.29 is 9.63 Å². The lowest BCUT2D eigenvalue weighted by molar-refractivity contribution is 0.0537. The van der Waals surface area contributed by atoms with Gasteiger partial charge in [-0.1, -0.05) is 22.0 Å². The van der Waals surface area contributed by atoms with E-state index in [-0.39, 0.29) is 5.91 Å². The van der Waals surface area contributed by atoms with Gasteiger partial charge >= 0.3 is 0 Å². The third-order valence-corrected chi connectivity index (χ3v) is 2.48. The Morgan fingerprint density at radius 3 is 2.77 bits per heavy atom. The van der Waals surface area contributed by atoms with Gasteiger partial charge < -0.3 is 0 Å². The van der Waals surface area contributed by atoms with E-state index in [1.165, 1.54) is 7.11 Å². The molecule has 0 spiro atoms. The number of nitrogens with one attached hydrogen (secondary N) is 1. The summed E-state index contributed by atoms with van der Waals surface area (Å²) in [7, 11) is 1.40. The van der Waals surface area contributed by atoms with Crippen LogP contribution in [0.15, 0.2) is 22.7 Å². The second-order valence-corrected chi connectivity index (χ2v) is 3.45. The molecule has 0 unspecified atom stereocenters. The molecule has 0 aromatic heterocycles. The lowest BCUT2D eigenvalue weighted by Gasteiger charge is -2.03. The van der Waals surface area contributed by atoms with Gasteiger partial charge in [0.1, 0.15) is 0 Å². The molecule has 0 fully saturated rings. The van der Waals surface area contributed by atoms with E-state index in [1.807, 2.05) is 13.0 Å². The SMILES string of the molecule is CONC(=O)c1ccc(C)c(Br)c1. The van der Waals surface area contributed by atoms with Crippen LogP contribution in [0.5, 0.6) is 0 Å². The number of hydroxylamine groups is 1. The summed E-state index contributed by atoms with van der Waals surface area (Å²) in [6.07, 6.45) is 0. The normalized spacial score (nSPS) is 9.77. The summed E-state index contributed by atoms with van der Waals surface area (Å²) in [6.45, 7) is 1.96. The summed E-state index contributed by atoms with van der Waals surface area (Å²) in [5.41, 5.74) is 3.91. The molecule has 4 heteroatoms. The highest BCUT2D eigenvalue weighted by Crippen LogP contribution is 2.17. The zero-order chi connectivity index (χ0) is 9.84. The van der Waals surface area contributed by atoms with Crippen LogP contribution in [0.25, 0.3) is 0 Å². The minimum Gasteiger partial charge on any atom is -0.277 e. The smallest absolute Gasteiger partial charge is 0.274 e. The Hall–Kier alpha value is -0.870. The number of rotatable bonds is 2. The van der Waals surface area contributed by atoms with Gasteiger partial charge in [0.25, 0.3) is 5.91 Å². The topological polar surface area (TPSA) is 38.3 Å². The van der Waals surface area contributed by atoms with Gasteiger partial charge in [0.05, 0.1) is 7.11 Å². The first-order valence-electron chi connectivity index (χ1n) is 3.74. The van der Waals surface area contributed by atoms with Crippen molar-refractivity contribution >= 4 is 21.8 Å². The fourth-order valence-corrected chi connectivity index (χ4v) is 1.26. The molecule has 0 aliphatic carbocycles. The third-order valence-electron chi connectivity index (χ3n) is 1.63. The fraction of sp³-hybridized carbons (Fsp3) is 0.222. The molecule has 0 aliphatic rings. The number of hydrogen-bond donors (Lipinski definition) is 1. The van der Waals surface area contributed by atoms with E-state index in [2.05, 4.69) is 26.2 Å². The molecule has 13 heavy (non-hydrogen) atoms. The molecule has 1 amide bonds. The van der Waals surface area contributed by atoms with Gasteiger partial charge in [-0.15, -0.1) is 0 Å². The van der Waals surface area contributed by atoms with Crippen LogP contribution < -0.4 is 5.48 Å². The van der Waals surface area contributed by atoms with Crippen LogP contribution in [-0.2, 0) is 4.84 Å². The van der Waals surface area contributed by atoms with Crippen molar-refractivity contribution in [1.82, 2.24) is 5.48 Å². The number of benzene rings is 1. The molecule has 1 aromatic rings. The average molecular weight is 244 g/mol. The first-order valence-corrected chi connectivity index (χ1v) is 4.54. The largest absolute Gasteiger partial charge is 0.277 e. The molecule has 1 aromatic carbocycles. The summed E-state index contributed by atoms with van der Waals surface area (Å²) >= 11 is 3.34. The van der Waals surface area contributed by atoms with Crippen molar-refractivity contribution in [3.63, 3.8) is 0 Å². The van der Waals surface area contributed by atoms with Crippen molar-refractivity contribution in [3.8, 4) is 0 Å². The molecular formula is C9H10BrNO2. The Labute approximate surface area is 85.2 Å². The fourth-order valence-electron chi connectivity index (χ4n) is 0.886. The highest BCUT2D eigenvalue weighted by Gasteiger charge is 2.05. The summed E-state index contributed by atoms with van der Waals surface area (Å²) < 4.78 is 0.913. The monoisotopic (exact) mass is 243 g/mol. The van der Waals surface area contributed by atoms with Gasteiger partial charge in [0, 0.05) is 10.0 Å². The van der Waals surface area contributed by atoms with Crippen molar-refractivity contribution in [1.29, 1.82) is 0 Å². The summed E-state index contributed by atoms with van der Waals surface area (Å²) in [5, 5.41) is 0. The van der Waals surface area contributed by atoms with Gasteiger partial charge in [-0.2, -0.15) is 0 Å². The summed E-state index contributed by atoms with van der Waals surface area (Å²) in [6, 6.07) is 5.37. The molecule has 1 N–H and O–H groups in total. The number of carbonyl (C=O) groups is 1. The van der Waals surface area contributed by atoms with Crippen molar-refractivity contribution in [2.24, 2.45) is 0 Å². The Morgan fingerprint density at radius 2 is 2.23 bits per heavy atom. The van der Waals surface area contributed by atoms with Crippen LogP contribution in [-0.4, -0.2) is 13.0 Å². The number of aryl methyl sites for hydroxylation is 1. The predicted octanol–water partition coefficient (Wildman–Crippen LogP) is 2.05. The van der Waals surface area contributed by atoms with E-state index >= 15 is 0 Å². The van der Waals surface area contributed by atoms with E-state index in [0.29, 0.717) is 5.56 Å². The van der Waals surface area contributed by atoms with Gasteiger partial charge in [0.15, 0.2) is 0 Å². The van der Waals surface area contributed by atoms with E-state index in [4.69, 9.17) is 0 Å². The molecule has 0 heterocycles. The number of carbonyl (C=O) groups excluding carboxylic acids is 1. The molecule has 0 saturated heterocycles. The highest BCUT2D eigenvalue weighted by molar-refractivity contribution is 9.10. The van der Waals surface area contributed by atoms with E-state index in [9.17, 15) is 4.79 Å². The zero-order valence-corrected chi connectivity index (χ0v) is 9.01. The van der Waals surface area contributed by atoms with E-state index in [0.717, 1.165) is 10.0 Å². The maximum atomic E-state index is 11.3. The van der Waals surface area contributed by atoms with Gasteiger partial charge in [-0.05, 0) is 24.6 Å². The maximum absolute atomic E-state index is 11.3. The molecule has 70 valence electrons. The van der Waals surface area contributed by atoms with Crippen LogP contribution in [0.1, 0.15) is 15.9 Å². The lowest BCUT2D eigenvalue weighted by atomic mass is 10.1. The Kier molecular flexibility index (Phi) is 3.45. The van der Waals surface area contributed by atoms with Crippen molar-refractivity contribution in [2.75, 3.05) is 7.11 Å². The van der Waals surface area contributed by atoms with Gasteiger partial charge in [-0.25, -0.2) is 5.48 Å². The minimum atomic E-state index is -0.247. The standard InChI is InChI=1S/C9H10BrNO2/c1-6-3-4-7(5-8(6)10)9(12)11-13-2/h3-5H,1-2H3,(H,11,12). The summed E-state index contributed by atoms with van der Waals surface area (Å²) in [5.74, 6) is -0.247. The van der Waals surface area contributed by atoms with Crippen LogP contribution in [0.2, 0.25) is 0 Å². The Balaban J connectivity index is 2.90. The number of halogens is 1. The Bertz CT molecular complexity index is 325. The zero-order valence-electron chi connectivity index (χ0n) is 7.43. The maximum Gasteiger partial charge on any atom is 0.274 e. The molecule has 0 bridgehead atoms. The quantitative estimate of drug-likeness (QED) is 0.808. The number of amides is 1. The molecule has 0 saturated carbocycles. The van der Waals surface area contributed by atoms with E-state index < -0.39 is 0 Å². The molecule has 3 nitrogen and oxygen atoms in total. The van der Waals surface area contributed by atoms with Crippen molar-refractivity contribution in [3.05, 3.63) is 33.8 Å². The van der Waals surface area contributed by atoms with Crippen LogP contribution in [0, 0.1) is 6.92 Å². The van der Waals surface area contributed by atoms with Gasteiger partial charge in [-0.3, -0.25) is 9.63 Å². The number of hydrogen-bond acceptors (Lipinski definition) is 2. The highest BCUT2D eigenvalue weighted by atomic mass is 79.9. The first kappa shape index (κ1) is 10.2. The van der Waals surface area contributed by atoms with Crippen molar-refractivity contribution in [2.45, 2.75) is 6.92 Å². The lowest BCUT2D eigenvalue weighted by Crippen LogP contribution is -2.21. The minimum absolute atomic E-state index is 0.247. The van der Waals surface area contributed by atoms with Crippen LogP contribution in [0.3, 0.4) is 0 Å². The van der Waals surface area contributed by atoms with Gasteiger partial charge in [0.2, 0.25) is 0 Å². The van der Waals surface area contributed by atoms with Crippen LogP contribution in [0.4, 0.5) is 0 Å². The molecule has 0 atom stereocenters. The summed E-state index contributed by atoms with van der Waals surface area (Å²) in [4.78, 5) is 15.8. The van der Waals surface area contributed by atoms with E-state index in [1.54, 1.807) is 12.1 Å². The average Bonchev–Trinajstić information content (AvgIpc) is 2.10. The van der Waals surface area contributed by atoms with Crippen LogP contribution >= 0.6 is 15.9 Å². The third kappa shape index (κ3) is 2.54. The molecule has 0 radical (unpaired) electrons. The Morgan fingerprint density at radius 1 is 1.54 bits per heavy atom. The molecule has 0 aliphatic heterocycles. The predicted molar refractivity (Wildman–Crippen MR) is 53.4 cm³/mol. The second-order valence-electron chi connectivity index (χ2n) is 2.60. The second kappa shape index (κ2) is 4.39. The molecule has 1 rings (SSSR count).